The molecule has 1 N–H and O–H groups in total. The molecule has 0 radical (unpaired) electrons. The smallest absolute Gasteiger partial charge is 0.307 e. The van der Waals surface area contributed by atoms with Crippen LogP contribution in [-0.4, -0.2) is 11.1 Å². The van der Waals surface area contributed by atoms with Crippen molar-refractivity contribution in [3.05, 3.63) is 0 Å². The highest BCUT2D eigenvalue weighted by molar-refractivity contribution is 5.75. The zero-order valence-corrected chi connectivity index (χ0v) is 10.9. The molecule has 2 heteroatoms. The van der Waals surface area contributed by atoms with Crippen molar-refractivity contribution in [2.45, 2.75) is 53.4 Å². The molecule has 3 atom stereocenters. The highest BCUT2D eigenvalue weighted by atomic mass is 16.4. The quantitative estimate of drug-likeness (QED) is 0.778. The fraction of sp³-hybridized carbons (Fsp3) is 0.929. The van der Waals surface area contributed by atoms with Gasteiger partial charge in [0.25, 0.3) is 0 Å². The first-order valence-electron chi connectivity index (χ1n) is 6.48. The molecule has 0 heterocycles. The largest absolute Gasteiger partial charge is 0.481 e. The van der Waals surface area contributed by atoms with Crippen LogP contribution in [0, 0.1) is 28.6 Å². The highest BCUT2D eigenvalue weighted by Gasteiger charge is 2.64. The van der Waals surface area contributed by atoms with E-state index in [0.717, 1.165) is 0 Å². The van der Waals surface area contributed by atoms with Crippen LogP contribution >= 0.6 is 0 Å². The summed E-state index contributed by atoms with van der Waals surface area (Å²) in [6.07, 6.45) is 5.02. The van der Waals surface area contributed by atoms with E-state index in [9.17, 15) is 9.90 Å². The lowest BCUT2D eigenvalue weighted by Crippen LogP contribution is -2.25. The van der Waals surface area contributed by atoms with Gasteiger partial charge in [-0.1, -0.05) is 40.5 Å². The van der Waals surface area contributed by atoms with Crippen LogP contribution < -0.4 is 0 Å². The van der Waals surface area contributed by atoms with E-state index in [1.807, 2.05) is 0 Å². The molecule has 0 aliphatic heterocycles. The summed E-state index contributed by atoms with van der Waals surface area (Å²) in [6.45, 7) is 8.89. The van der Waals surface area contributed by atoms with Crippen molar-refractivity contribution >= 4 is 5.97 Å². The molecule has 0 spiro atoms. The fourth-order valence-corrected chi connectivity index (χ4v) is 4.09. The molecule has 0 aromatic carbocycles. The first kappa shape index (κ1) is 11.9. The lowest BCUT2D eigenvalue weighted by Gasteiger charge is -2.36. The van der Waals surface area contributed by atoms with Crippen molar-refractivity contribution in [1.29, 1.82) is 0 Å². The number of aliphatic carboxylic acids is 1. The van der Waals surface area contributed by atoms with Crippen LogP contribution in [0.2, 0.25) is 0 Å². The molecule has 92 valence electrons. The maximum Gasteiger partial charge on any atom is 0.307 e. The molecule has 2 nitrogen and oxygen atoms in total. The summed E-state index contributed by atoms with van der Waals surface area (Å²) in [6, 6.07) is 0. The Hall–Kier alpha value is -0.530. The third-order valence-corrected chi connectivity index (χ3v) is 4.93. The van der Waals surface area contributed by atoms with E-state index in [1.165, 1.54) is 25.7 Å². The number of carboxylic acids is 1. The van der Waals surface area contributed by atoms with Gasteiger partial charge in [-0.3, -0.25) is 4.79 Å². The lowest BCUT2D eigenvalue weighted by atomic mass is 9.70. The molecule has 2 rings (SSSR count). The standard InChI is InChI=1S/C14H24O2/c1-13(2)7-5-6-9(8-13)10-11(12(15)16)14(10,3)4/h9-11H,5-8H2,1-4H3,(H,15,16)/t9?,10-,11+/m1/s1. The molecule has 1 unspecified atom stereocenters. The van der Waals surface area contributed by atoms with Gasteiger partial charge in [-0.15, -0.1) is 0 Å². The molecular weight excluding hydrogens is 200 g/mol. The van der Waals surface area contributed by atoms with E-state index in [-0.39, 0.29) is 11.3 Å². The highest BCUT2D eigenvalue weighted by Crippen LogP contribution is 2.65. The molecule has 0 saturated heterocycles. The molecule has 0 bridgehead atoms. The zero-order chi connectivity index (χ0) is 12.1. The predicted molar refractivity (Wildman–Crippen MR) is 64.1 cm³/mol. The summed E-state index contributed by atoms with van der Waals surface area (Å²) in [5.41, 5.74) is 0.453. The number of hydrogen-bond acceptors (Lipinski definition) is 1. The van der Waals surface area contributed by atoms with Gasteiger partial charge in [0.15, 0.2) is 0 Å². The Morgan fingerprint density at radius 1 is 1.25 bits per heavy atom. The Kier molecular flexibility index (Phi) is 2.60. The van der Waals surface area contributed by atoms with Crippen molar-refractivity contribution < 1.29 is 9.90 Å². The summed E-state index contributed by atoms with van der Waals surface area (Å²) in [4.78, 5) is 11.2. The van der Waals surface area contributed by atoms with Gasteiger partial charge in [0.1, 0.15) is 0 Å². The number of carboxylic acid groups (broad SMARTS) is 1. The van der Waals surface area contributed by atoms with E-state index < -0.39 is 5.97 Å². The Labute approximate surface area is 98.4 Å². The molecule has 2 aliphatic rings. The zero-order valence-electron chi connectivity index (χ0n) is 10.9. The van der Waals surface area contributed by atoms with Gasteiger partial charge < -0.3 is 5.11 Å². The van der Waals surface area contributed by atoms with Crippen LogP contribution in [-0.2, 0) is 4.79 Å². The normalized spacial score (nSPS) is 40.4. The Morgan fingerprint density at radius 3 is 2.31 bits per heavy atom. The first-order chi connectivity index (χ1) is 7.26. The Bertz CT molecular complexity index is 304. The second kappa shape index (κ2) is 3.48. The monoisotopic (exact) mass is 224 g/mol. The maximum absolute atomic E-state index is 11.2. The van der Waals surface area contributed by atoms with Crippen molar-refractivity contribution in [2.24, 2.45) is 28.6 Å². The van der Waals surface area contributed by atoms with E-state index in [4.69, 9.17) is 0 Å². The maximum atomic E-state index is 11.2. The van der Waals surface area contributed by atoms with Gasteiger partial charge in [-0.2, -0.15) is 0 Å². The minimum Gasteiger partial charge on any atom is -0.481 e. The van der Waals surface area contributed by atoms with Crippen LogP contribution in [0.1, 0.15) is 53.4 Å². The number of rotatable bonds is 2. The van der Waals surface area contributed by atoms with Gasteiger partial charge in [-0.25, -0.2) is 0 Å². The summed E-state index contributed by atoms with van der Waals surface area (Å²) in [5, 5.41) is 9.22. The van der Waals surface area contributed by atoms with Crippen LogP contribution in [0.15, 0.2) is 0 Å². The SMILES string of the molecule is CC1(C)CCCC([C@@H]2[C@@H](C(=O)O)C2(C)C)C1. The second-order valence-corrected chi connectivity index (χ2v) is 7.18. The minimum atomic E-state index is -0.585. The van der Waals surface area contributed by atoms with Gasteiger partial charge >= 0.3 is 5.97 Å². The van der Waals surface area contributed by atoms with Crippen LogP contribution in [0.5, 0.6) is 0 Å². The first-order valence-corrected chi connectivity index (χ1v) is 6.48. The van der Waals surface area contributed by atoms with Gasteiger partial charge in [0, 0.05) is 0 Å². The van der Waals surface area contributed by atoms with Crippen molar-refractivity contribution in [3.8, 4) is 0 Å². The third-order valence-electron chi connectivity index (χ3n) is 4.93. The van der Waals surface area contributed by atoms with Gasteiger partial charge in [0.05, 0.1) is 5.92 Å². The van der Waals surface area contributed by atoms with E-state index >= 15 is 0 Å². The van der Waals surface area contributed by atoms with Gasteiger partial charge in [-0.05, 0) is 35.5 Å². The molecule has 0 aromatic heterocycles. The van der Waals surface area contributed by atoms with Crippen LogP contribution in [0.25, 0.3) is 0 Å². The van der Waals surface area contributed by atoms with E-state index in [1.54, 1.807) is 0 Å². The van der Waals surface area contributed by atoms with Gasteiger partial charge in [0.2, 0.25) is 0 Å². The summed E-state index contributed by atoms with van der Waals surface area (Å²) >= 11 is 0. The molecule has 0 amide bonds. The minimum absolute atomic E-state index is 0.0317. The summed E-state index contributed by atoms with van der Waals surface area (Å²) in [7, 11) is 0. The number of hydrogen-bond donors (Lipinski definition) is 1. The second-order valence-electron chi connectivity index (χ2n) is 7.18. The van der Waals surface area contributed by atoms with E-state index in [2.05, 4.69) is 27.7 Å². The summed E-state index contributed by atoms with van der Waals surface area (Å²) < 4.78 is 0. The van der Waals surface area contributed by atoms with Crippen LogP contribution in [0.3, 0.4) is 0 Å². The predicted octanol–water partition coefficient (Wildman–Crippen LogP) is 3.56. The molecule has 2 fully saturated rings. The number of carbonyl (C=O) groups is 1. The van der Waals surface area contributed by atoms with Crippen molar-refractivity contribution in [3.63, 3.8) is 0 Å². The van der Waals surface area contributed by atoms with E-state index in [0.29, 0.717) is 17.3 Å². The molecular formula is C14H24O2. The third kappa shape index (κ3) is 1.87. The fourth-order valence-electron chi connectivity index (χ4n) is 4.09. The molecule has 0 aromatic rings. The van der Waals surface area contributed by atoms with Crippen LogP contribution in [0.4, 0.5) is 0 Å². The lowest BCUT2D eigenvalue weighted by molar-refractivity contribution is -0.139. The topological polar surface area (TPSA) is 37.3 Å². The Balaban J connectivity index is 2.07. The Morgan fingerprint density at radius 2 is 1.88 bits per heavy atom. The average Bonchev–Trinajstić information content (AvgIpc) is 2.67. The molecule has 2 aliphatic carbocycles. The van der Waals surface area contributed by atoms with Crippen molar-refractivity contribution in [1.82, 2.24) is 0 Å². The molecule has 16 heavy (non-hydrogen) atoms. The molecule has 2 saturated carbocycles. The van der Waals surface area contributed by atoms with Crippen molar-refractivity contribution in [2.75, 3.05) is 0 Å². The summed E-state index contributed by atoms with van der Waals surface area (Å²) in [5.74, 6) is 0.384. The average molecular weight is 224 g/mol.